The Bertz CT molecular complexity index is 1010. The SMILES string of the molecule is CC(C)c1cc2n(n1)CC(C)(C(=O)NC1CCCCCCC1)N(CCc1ccc(Cl)cc1)C2=O. The van der Waals surface area contributed by atoms with Crippen LogP contribution in [-0.4, -0.2) is 44.6 Å². The summed E-state index contributed by atoms with van der Waals surface area (Å²) in [4.78, 5) is 29.3. The van der Waals surface area contributed by atoms with Crippen LogP contribution in [0, 0.1) is 0 Å². The number of carbonyl (C=O) groups is 2. The van der Waals surface area contributed by atoms with Crippen LogP contribution in [0.5, 0.6) is 0 Å². The van der Waals surface area contributed by atoms with Crippen molar-refractivity contribution in [3.8, 4) is 0 Å². The molecule has 1 fully saturated rings. The first-order chi connectivity index (χ1) is 16.3. The summed E-state index contributed by atoms with van der Waals surface area (Å²) in [5, 5.41) is 8.70. The molecule has 0 bridgehead atoms. The Hall–Kier alpha value is -2.34. The molecular weight excluding hydrogens is 448 g/mol. The molecule has 34 heavy (non-hydrogen) atoms. The van der Waals surface area contributed by atoms with Crippen molar-refractivity contribution in [1.82, 2.24) is 20.0 Å². The fourth-order valence-corrected chi connectivity index (χ4v) is 5.25. The fraction of sp³-hybridized carbons (Fsp3) is 0.593. The first kappa shape index (κ1) is 24.8. The molecule has 1 aromatic carbocycles. The van der Waals surface area contributed by atoms with Gasteiger partial charge in [-0.3, -0.25) is 14.3 Å². The lowest BCUT2D eigenvalue weighted by atomic mass is 9.92. The maximum Gasteiger partial charge on any atom is 0.273 e. The van der Waals surface area contributed by atoms with E-state index in [2.05, 4.69) is 24.3 Å². The number of aromatic nitrogens is 2. The summed E-state index contributed by atoms with van der Waals surface area (Å²) in [5.41, 5.74) is 1.53. The van der Waals surface area contributed by atoms with Crippen LogP contribution in [0.3, 0.4) is 0 Å². The van der Waals surface area contributed by atoms with Gasteiger partial charge in [0.1, 0.15) is 11.2 Å². The van der Waals surface area contributed by atoms with Crippen LogP contribution in [0.15, 0.2) is 30.3 Å². The topological polar surface area (TPSA) is 67.2 Å². The van der Waals surface area contributed by atoms with Gasteiger partial charge in [0.15, 0.2) is 0 Å². The summed E-state index contributed by atoms with van der Waals surface area (Å²) in [6.07, 6.45) is 8.68. The van der Waals surface area contributed by atoms with E-state index in [4.69, 9.17) is 11.6 Å². The smallest absolute Gasteiger partial charge is 0.273 e. The average Bonchev–Trinajstić information content (AvgIpc) is 3.21. The third kappa shape index (κ3) is 5.32. The lowest BCUT2D eigenvalue weighted by Crippen LogP contribution is -2.65. The molecule has 0 spiro atoms. The Morgan fingerprint density at radius 3 is 2.44 bits per heavy atom. The molecule has 184 valence electrons. The lowest BCUT2D eigenvalue weighted by molar-refractivity contribution is -0.134. The van der Waals surface area contributed by atoms with E-state index in [9.17, 15) is 9.59 Å². The summed E-state index contributed by atoms with van der Waals surface area (Å²) in [6, 6.07) is 9.73. The Morgan fingerprint density at radius 1 is 1.15 bits per heavy atom. The molecule has 1 aliphatic heterocycles. The Balaban J connectivity index is 1.60. The van der Waals surface area contributed by atoms with Gasteiger partial charge in [-0.05, 0) is 55.9 Å². The van der Waals surface area contributed by atoms with E-state index in [0.717, 1.165) is 36.9 Å². The molecule has 1 aliphatic carbocycles. The summed E-state index contributed by atoms with van der Waals surface area (Å²) in [6.45, 7) is 6.84. The van der Waals surface area contributed by atoms with Gasteiger partial charge >= 0.3 is 0 Å². The Labute approximate surface area is 208 Å². The highest BCUT2D eigenvalue weighted by atomic mass is 35.5. The van der Waals surface area contributed by atoms with E-state index >= 15 is 0 Å². The van der Waals surface area contributed by atoms with Crippen molar-refractivity contribution >= 4 is 23.4 Å². The Kier molecular flexibility index (Phi) is 7.66. The molecule has 1 unspecified atom stereocenters. The van der Waals surface area contributed by atoms with Crippen molar-refractivity contribution in [2.24, 2.45) is 0 Å². The molecule has 7 heteroatoms. The molecule has 2 amide bonds. The number of fused-ring (bicyclic) bond motifs is 1. The molecule has 2 aromatic rings. The molecule has 1 aromatic heterocycles. The minimum atomic E-state index is -1.00. The van der Waals surface area contributed by atoms with Crippen LogP contribution >= 0.6 is 11.6 Å². The molecule has 0 radical (unpaired) electrons. The highest BCUT2D eigenvalue weighted by Gasteiger charge is 2.48. The van der Waals surface area contributed by atoms with E-state index in [-0.39, 0.29) is 23.8 Å². The zero-order valence-corrected chi connectivity index (χ0v) is 21.4. The van der Waals surface area contributed by atoms with Crippen LogP contribution in [-0.2, 0) is 17.8 Å². The van der Waals surface area contributed by atoms with Crippen molar-refractivity contribution < 1.29 is 9.59 Å². The average molecular weight is 485 g/mol. The van der Waals surface area contributed by atoms with Gasteiger partial charge < -0.3 is 10.2 Å². The van der Waals surface area contributed by atoms with Gasteiger partial charge in [-0.2, -0.15) is 5.10 Å². The van der Waals surface area contributed by atoms with Crippen molar-refractivity contribution in [2.75, 3.05) is 6.54 Å². The fourth-order valence-electron chi connectivity index (χ4n) is 5.13. The quantitative estimate of drug-likeness (QED) is 0.601. The molecule has 1 N–H and O–H groups in total. The minimum absolute atomic E-state index is 0.0743. The van der Waals surface area contributed by atoms with Crippen molar-refractivity contribution in [3.05, 3.63) is 52.3 Å². The van der Waals surface area contributed by atoms with Gasteiger partial charge in [-0.1, -0.05) is 69.7 Å². The van der Waals surface area contributed by atoms with Gasteiger partial charge in [0.05, 0.1) is 12.2 Å². The third-order valence-corrected chi connectivity index (χ3v) is 7.63. The van der Waals surface area contributed by atoms with Crippen LogP contribution in [0.4, 0.5) is 0 Å². The molecule has 6 nitrogen and oxygen atoms in total. The number of nitrogens with zero attached hydrogens (tertiary/aromatic N) is 3. The number of rotatable bonds is 6. The number of benzene rings is 1. The maximum atomic E-state index is 13.8. The van der Waals surface area contributed by atoms with Crippen LogP contribution in [0.2, 0.25) is 5.02 Å². The zero-order valence-electron chi connectivity index (χ0n) is 20.6. The molecular formula is C27H37ClN4O2. The van der Waals surface area contributed by atoms with Crippen LogP contribution in [0.25, 0.3) is 0 Å². The number of amides is 2. The summed E-state index contributed by atoms with van der Waals surface area (Å²) >= 11 is 6.04. The lowest BCUT2D eigenvalue weighted by Gasteiger charge is -2.44. The summed E-state index contributed by atoms with van der Waals surface area (Å²) in [7, 11) is 0. The number of carbonyl (C=O) groups excluding carboxylic acids is 2. The second-order valence-electron chi connectivity index (χ2n) is 10.4. The molecule has 1 atom stereocenters. The molecule has 2 heterocycles. The van der Waals surface area contributed by atoms with Crippen LogP contribution in [0.1, 0.15) is 93.4 Å². The first-order valence-corrected chi connectivity index (χ1v) is 13.1. The summed E-state index contributed by atoms with van der Waals surface area (Å²) in [5.74, 6) is 0.00753. The number of hydrogen-bond donors (Lipinski definition) is 1. The molecule has 0 saturated heterocycles. The normalized spacial score (nSPS) is 21.8. The van der Waals surface area contributed by atoms with Crippen molar-refractivity contribution in [1.29, 1.82) is 0 Å². The maximum absolute atomic E-state index is 13.8. The predicted octanol–water partition coefficient (Wildman–Crippen LogP) is 5.35. The van der Waals surface area contributed by atoms with E-state index in [1.807, 2.05) is 37.3 Å². The highest BCUT2D eigenvalue weighted by molar-refractivity contribution is 6.30. The number of hydrogen-bond acceptors (Lipinski definition) is 3. The predicted molar refractivity (Wildman–Crippen MR) is 135 cm³/mol. The minimum Gasteiger partial charge on any atom is -0.351 e. The first-order valence-electron chi connectivity index (χ1n) is 12.7. The molecule has 2 aliphatic rings. The van der Waals surface area contributed by atoms with Gasteiger partial charge in [-0.15, -0.1) is 0 Å². The summed E-state index contributed by atoms with van der Waals surface area (Å²) < 4.78 is 1.74. The van der Waals surface area contributed by atoms with Gasteiger partial charge in [0.2, 0.25) is 5.91 Å². The monoisotopic (exact) mass is 484 g/mol. The van der Waals surface area contributed by atoms with Crippen molar-refractivity contribution in [3.63, 3.8) is 0 Å². The standard InChI is InChI=1S/C27H37ClN4O2/c1-19(2)23-17-24-25(33)31(16-15-20-11-13-21(28)14-12-20)27(3,18-32(24)30-23)26(34)29-22-9-7-5-4-6-8-10-22/h11-14,17,19,22H,4-10,15-16,18H2,1-3H3,(H,29,34). The number of nitrogens with one attached hydrogen (secondary N) is 1. The van der Waals surface area contributed by atoms with E-state index in [1.165, 1.54) is 19.3 Å². The second kappa shape index (κ2) is 10.5. The second-order valence-corrected chi connectivity index (χ2v) is 10.8. The molecule has 4 rings (SSSR count). The van der Waals surface area contributed by atoms with E-state index < -0.39 is 5.54 Å². The highest BCUT2D eigenvalue weighted by Crippen LogP contribution is 2.30. The Morgan fingerprint density at radius 2 is 1.79 bits per heavy atom. The zero-order chi connectivity index (χ0) is 24.3. The molecule has 1 saturated carbocycles. The van der Waals surface area contributed by atoms with Crippen LogP contribution < -0.4 is 5.32 Å². The largest absolute Gasteiger partial charge is 0.351 e. The van der Waals surface area contributed by atoms with Gasteiger partial charge in [-0.25, -0.2) is 0 Å². The third-order valence-electron chi connectivity index (χ3n) is 7.37. The van der Waals surface area contributed by atoms with Crippen molar-refractivity contribution in [2.45, 2.75) is 96.2 Å². The number of halogens is 1. The van der Waals surface area contributed by atoms with Gasteiger partial charge in [0, 0.05) is 17.6 Å². The van der Waals surface area contributed by atoms with E-state index in [1.54, 1.807) is 9.58 Å². The van der Waals surface area contributed by atoms with E-state index in [0.29, 0.717) is 30.2 Å². The van der Waals surface area contributed by atoms with Gasteiger partial charge in [0.25, 0.3) is 5.91 Å².